The lowest BCUT2D eigenvalue weighted by molar-refractivity contribution is -0.118. The van der Waals surface area contributed by atoms with Crippen molar-refractivity contribution in [2.75, 3.05) is 5.32 Å². The van der Waals surface area contributed by atoms with Crippen molar-refractivity contribution in [3.8, 4) is 0 Å². The molecule has 0 saturated heterocycles. The van der Waals surface area contributed by atoms with Crippen LogP contribution in [0, 0.1) is 13.8 Å². The van der Waals surface area contributed by atoms with Crippen LogP contribution in [0.5, 0.6) is 0 Å². The van der Waals surface area contributed by atoms with E-state index in [1.54, 1.807) is 43.6 Å². The van der Waals surface area contributed by atoms with Crippen LogP contribution in [0.1, 0.15) is 36.8 Å². The number of hydrogen-bond donors (Lipinski definition) is 1. The van der Waals surface area contributed by atoms with Gasteiger partial charge in [-0.25, -0.2) is 8.42 Å². The summed E-state index contributed by atoms with van der Waals surface area (Å²) in [6.45, 7) is 3.63. The van der Waals surface area contributed by atoms with Crippen molar-refractivity contribution in [2.45, 2.75) is 49.2 Å². The second kappa shape index (κ2) is 6.59. The van der Waals surface area contributed by atoms with Crippen molar-refractivity contribution in [2.24, 2.45) is 0 Å². The molecule has 1 fully saturated rings. The molecule has 1 amide bonds. The van der Waals surface area contributed by atoms with Crippen molar-refractivity contribution in [3.63, 3.8) is 0 Å². The van der Waals surface area contributed by atoms with Crippen molar-refractivity contribution in [3.05, 3.63) is 53.9 Å². The van der Waals surface area contributed by atoms with E-state index in [1.807, 2.05) is 13.0 Å². The number of nitrogens with zero attached hydrogens (tertiary/aromatic N) is 1. The number of carbonyl (C=O) groups is 1. The Balaban J connectivity index is 2.05. The fourth-order valence-electron chi connectivity index (χ4n) is 3.45. The van der Waals surface area contributed by atoms with Crippen LogP contribution in [-0.2, 0) is 14.6 Å². The number of hydrogen-bond acceptors (Lipinski definition) is 4. The van der Waals surface area contributed by atoms with Gasteiger partial charge in [0.15, 0.2) is 14.6 Å². The summed E-state index contributed by atoms with van der Waals surface area (Å²) in [5, 5.41) is 2.78. The maximum atomic E-state index is 13.5. The molecule has 1 N–H and O–H groups in total. The molecule has 5 nitrogen and oxygen atoms in total. The first-order valence-electron chi connectivity index (χ1n) is 8.40. The first-order valence-corrected chi connectivity index (χ1v) is 9.88. The number of rotatable bonds is 4. The van der Waals surface area contributed by atoms with E-state index in [-0.39, 0.29) is 4.90 Å². The number of pyridine rings is 1. The Bertz CT molecular complexity index is 886. The summed E-state index contributed by atoms with van der Waals surface area (Å²) in [4.78, 5) is 17.2. The molecule has 1 aromatic heterocycles. The van der Waals surface area contributed by atoms with Crippen LogP contribution in [0.3, 0.4) is 0 Å². The number of sulfone groups is 1. The van der Waals surface area contributed by atoms with Crippen LogP contribution < -0.4 is 5.32 Å². The maximum Gasteiger partial charge on any atom is 0.246 e. The Labute approximate surface area is 148 Å². The van der Waals surface area contributed by atoms with E-state index in [0.717, 1.165) is 18.4 Å². The van der Waals surface area contributed by atoms with Gasteiger partial charge in [-0.2, -0.15) is 0 Å². The number of benzene rings is 1. The summed E-state index contributed by atoms with van der Waals surface area (Å²) in [5.41, 5.74) is 2.10. The Morgan fingerprint density at radius 2 is 1.72 bits per heavy atom. The van der Waals surface area contributed by atoms with Crippen molar-refractivity contribution < 1.29 is 13.2 Å². The van der Waals surface area contributed by atoms with Gasteiger partial charge in [0.25, 0.3) is 0 Å². The minimum Gasteiger partial charge on any atom is -0.325 e. The molecule has 132 valence electrons. The predicted octanol–water partition coefficient (Wildman–Crippen LogP) is 3.42. The lowest BCUT2D eigenvalue weighted by atomic mass is 10.1. The van der Waals surface area contributed by atoms with E-state index in [4.69, 9.17) is 0 Å². The number of amides is 1. The van der Waals surface area contributed by atoms with Gasteiger partial charge in [0.05, 0.1) is 4.90 Å². The number of aromatic nitrogens is 1. The average Bonchev–Trinajstić information content (AvgIpc) is 3.09. The summed E-state index contributed by atoms with van der Waals surface area (Å²) in [6.07, 6.45) is 5.28. The van der Waals surface area contributed by atoms with Gasteiger partial charge >= 0.3 is 0 Å². The molecule has 1 aromatic carbocycles. The van der Waals surface area contributed by atoms with E-state index in [1.165, 1.54) is 0 Å². The van der Waals surface area contributed by atoms with Crippen LogP contribution in [0.2, 0.25) is 0 Å². The molecule has 1 aliphatic carbocycles. The van der Waals surface area contributed by atoms with Crippen LogP contribution in [-0.4, -0.2) is 24.1 Å². The second-order valence-corrected chi connectivity index (χ2v) is 8.89. The smallest absolute Gasteiger partial charge is 0.246 e. The molecule has 3 rings (SSSR count). The number of carbonyl (C=O) groups excluding carboxylic acids is 1. The highest BCUT2D eigenvalue weighted by atomic mass is 32.2. The van der Waals surface area contributed by atoms with Gasteiger partial charge in [0, 0.05) is 18.1 Å². The molecule has 0 aliphatic heterocycles. The largest absolute Gasteiger partial charge is 0.325 e. The van der Waals surface area contributed by atoms with Gasteiger partial charge in [-0.1, -0.05) is 25.0 Å². The zero-order valence-corrected chi connectivity index (χ0v) is 15.3. The molecule has 2 aromatic rings. The van der Waals surface area contributed by atoms with Gasteiger partial charge in [-0.05, 0) is 56.0 Å². The molecule has 0 bridgehead atoms. The fourth-order valence-corrected chi connectivity index (χ4v) is 5.83. The molecule has 6 heteroatoms. The van der Waals surface area contributed by atoms with E-state index in [0.29, 0.717) is 24.1 Å². The van der Waals surface area contributed by atoms with Gasteiger partial charge in [-0.3, -0.25) is 9.78 Å². The lowest BCUT2D eigenvalue weighted by Gasteiger charge is -2.28. The van der Waals surface area contributed by atoms with Gasteiger partial charge in [0.2, 0.25) is 5.91 Å². The summed E-state index contributed by atoms with van der Waals surface area (Å²) in [7, 11) is -3.80. The highest BCUT2D eigenvalue weighted by Gasteiger charge is 2.53. The molecule has 0 spiro atoms. The van der Waals surface area contributed by atoms with Gasteiger partial charge in [0.1, 0.15) is 0 Å². The standard InChI is InChI=1S/C19H22N2O3S/c1-14-5-6-15(2)17(13-14)25(23,24)19(9-3-4-10-19)18(22)21-16-7-11-20-12-8-16/h5-8,11-13H,3-4,9-10H2,1-2H3,(H,20,21,22). The van der Waals surface area contributed by atoms with Crippen LogP contribution in [0.15, 0.2) is 47.6 Å². The minimum atomic E-state index is -3.80. The summed E-state index contributed by atoms with van der Waals surface area (Å²) >= 11 is 0. The van der Waals surface area contributed by atoms with Crippen LogP contribution in [0.4, 0.5) is 5.69 Å². The highest BCUT2D eigenvalue weighted by molar-refractivity contribution is 7.93. The molecule has 25 heavy (non-hydrogen) atoms. The Morgan fingerprint density at radius 1 is 1.08 bits per heavy atom. The van der Waals surface area contributed by atoms with E-state index in [9.17, 15) is 13.2 Å². The number of nitrogens with one attached hydrogen (secondary N) is 1. The van der Waals surface area contributed by atoms with Crippen molar-refractivity contribution >= 4 is 21.4 Å². The first-order chi connectivity index (χ1) is 11.9. The van der Waals surface area contributed by atoms with Crippen molar-refractivity contribution in [1.82, 2.24) is 4.98 Å². The zero-order valence-electron chi connectivity index (χ0n) is 14.5. The minimum absolute atomic E-state index is 0.263. The zero-order chi connectivity index (χ0) is 18.1. The molecule has 0 radical (unpaired) electrons. The SMILES string of the molecule is Cc1ccc(C)c(S(=O)(=O)C2(C(=O)Nc3ccncc3)CCCC2)c1. The molecular weight excluding hydrogens is 336 g/mol. The quantitative estimate of drug-likeness (QED) is 0.908. The summed E-state index contributed by atoms with van der Waals surface area (Å²) in [5.74, 6) is -0.447. The van der Waals surface area contributed by atoms with E-state index in [2.05, 4.69) is 10.3 Å². The lowest BCUT2D eigenvalue weighted by Crippen LogP contribution is -2.47. The summed E-state index contributed by atoms with van der Waals surface area (Å²) in [6, 6.07) is 8.67. The van der Waals surface area contributed by atoms with E-state index < -0.39 is 20.5 Å². The normalized spacial score (nSPS) is 16.6. The number of anilines is 1. The highest BCUT2D eigenvalue weighted by Crippen LogP contribution is 2.42. The van der Waals surface area contributed by atoms with Crippen molar-refractivity contribution in [1.29, 1.82) is 0 Å². The van der Waals surface area contributed by atoms with Gasteiger partial charge in [-0.15, -0.1) is 0 Å². The Morgan fingerprint density at radius 3 is 2.36 bits per heavy atom. The fraction of sp³-hybridized carbons (Fsp3) is 0.368. The third kappa shape index (κ3) is 3.06. The average molecular weight is 358 g/mol. The monoisotopic (exact) mass is 358 g/mol. The summed E-state index contributed by atoms with van der Waals surface area (Å²) < 4.78 is 25.6. The Kier molecular flexibility index (Phi) is 4.64. The van der Waals surface area contributed by atoms with Crippen LogP contribution in [0.25, 0.3) is 0 Å². The number of aryl methyl sites for hydroxylation is 2. The third-order valence-corrected chi connectivity index (χ3v) is 7.55. The van der Waals surface area contributed by atoms with E-state index >= 15 is 0 Å². The molecule has 1 heterocycles. The maximum absolute atomic E-state index is 13.5. The third-order valence-electron chi connectivity index (χ3n) is 4.91. The topological polar surface area (TPSA) is 76.1 Å². The molecule has 1 saturated carbocycles. The molecule has 1 aliphatic rings. The molecule has 0 unspecified atom stereocenters. The molecular formula is C19H22N2O3S. The Hall–Kier alpha value is -2.21. The first kappa shape index (κ1) is 17.6. The van der Waals surface area contributed by atoms with Crippen LogP contribution >= 0.6 is 0 Å². The molecule has 0 atom stereocenters. The second-order valence-electron chi connectivity index (χ2n) is 6.66. The van der Waals surface area contributed by atoms with Gasteiger partial charge < -0.3 is 5.32 Å². The predicted molar refractivity (Wildman–Crippen MR) is 97.2 cm³/mol.